The molecular formula is C13H18FNO3. The molecule has 1 aliphatic heterocycles. The number of benzene rings is 1. The molecular weight excluding hydrogens is 237 g/mol. The Kier molecular flexibility index (Phi) is 3.91. The Balaban J connectivity index is 2.17. The minimum atomic E-state index is -0.476. The van der Waals surface area contributed by atoms with Crippen LogP contribution in [-0.2, 0) is 4.74 Å². The molecule has 0 aliphatic carbocycles. The summed E-state index contributed by atoms with van der Waals surface area (Å²) in [5, 5.41) is 0. The fourth-order valence-electron chi connectivity index (χ4n) is 1.78. The van der Waals surface area contributed by atoms with Crippen molar-refractivity contribution >= 4 is 5.69 Å². The second-order valence-corrected chi connectivity index (χ2v) is 4.59. The molecule has 1 aromatic rings. The summed E-state index contributed by atoms with van der Waals surface area (Å²) in [4.78, 5) is 0. The van der Waals surface area contributed by atoms with E-state index >= 15 is 0 Å². The van der Waals surface area contributed by atoms with Crippen molar-refractivity contribution in [2.75, 3.05) is 18.9 Å². The van der Waals surface area contributed by atoms with Gasteiger partial charge in [0.25, 0.3) is 0 Å². The van der Waals surface area contributed by atoms with Gasteiger partial charge in [-0.25, -0.2) is 4.39 Å². The predicted molar refractivity (Wildman–Crippen MR) is 66.4 cm³/mol. The van der Waals surface area contributed by atoms with Crippen molar-refractivity contribution < 1.29 is 18.6 Å². The Morgan fingerprint density at radius 1 is 1.39 bits per heavy atom. The van der Waals surface area contributed by atoms with Crippen LogP contribution in [0.15, 0.2) is 12.1 Å². The number of nitrogen functional groups attached to an aromatic ring is 1. The van der Waals surface area contributed by atoms with Crippen molar-refractivity contribution in [3.63, 3.8) is 0 Å². The second-order valence-electron chi connectivity index (χ2n) is 4.59. The van der Waals surface area contributed by atoms with Crippen LogP contribution >= 0.6 is 0 Å². The quantitative estimate of drug-likeness (QED) is 0.839. The van der Waals surface area contributed by atoms with Crippen LogP contribution in [0.2, 0.25) is 0 Å². The van der Waals surface area contributed by atoms with Crippen LogP contribution in [0.3, 0.4) is 0 Å². The highest BCUT2D eigenvalue weighted by Crippen LogP contribution is 2.32. The van der Waals surface area contributed by atoms with Gasteiger partial charge in [0, 0.05) is 18.6 Å². The fourth-order valence-corrected chi connectivity index (χ4v) is 1.78. The second kappa shape index (κ2) is 5.44. The minimum absolute atomic E-state index is 0.0235. The van der Waals surface area contributed by atoms with Crippen LogP contribution < -0.4 is 15.2 Å². The van der Waals surface area contributed by atoms with E-state index in [-0.39, 0.29) is 23.6 Å². The van der Waals surface area contributed by atoms with Gasteiger partial charge in [0.15, 0.2) is 11.6 Å². The molecule has 0 aromatic heterocycles. The van der Waals surface area contributed by atoms with Crippen molar-refractivity contribution in [3.8, 4) is 11.5 Å². The van der Waals surface area contributed by atoms with E-state index in [0.717, 1.165) is 6.42 Å². The Bertz CT molecular complexity index is 417. The minimum Gasteiger partial charge on any atom is -0.488 e. The zero-order valence-electron chi connectivity index (χ0n) is 10.6. The third kappa shape index (κ3) is 3.04. The smallest absolute Gasteiger partial charge is 0.167 e. The molecule has 0 amide bonds. The van der Waals surface area contributed by atoms with Crippen LogP contribution in [-0.4, -0.2) is 25.4 Å². The van der Waals surface area contributed by atoms with Crippen molar-refractivity contribution in [3.05, 3.63) is 17.9 Å². The first-order valence-electron chi connectivity index (χ1n) is 6.06. The largest absolute Gasteiger partial charge is 0.488 e. The summed E-state index contributed by atoms with van der Waals surface area (Å²) in [7, 11) is 0. The van der Waals surface area contributed by atoms with Crippen molar-refractivity contribution in [2.45, 2.75) is 32.5 Å². The van der Waals surface area contributed by atoms with Crippen molar-refractivity contribution in [2.24, 2.45) is 0 Å². The van der Waals surface area contributed by atoms with Gasteiger partial charge in [-0.15, -0.1) is 0 Å². The Morgan fingerprint density at radius 3 is 2.78 bits per heavy atom. The summed E-state index contributed by atoms with van der Waals surface area (Å²) in [6.45, 7) is 4.89. The maximum atomic E-state index is 13.6. The van der Waals surface area contributed by atoms with Crippen molar-refractivity contribution in [1.82, 2.24) is 0 Å². The van der Waals surface area contributed by atoms with Crippen LogP contribution in [0, 0.1) is 5.82 Å². The number of hydrogen-bond acceptors (Lipinski definition) is 4. The zero-order valence-corrected chi connectivity index (χ0v) is 10.6. The number of hydrogen-bond donors (Lipinski definition) is 1. The van der Waals surface area contributed by atoms with Crippen LogP contribution in [0.5, 0.6) is 11.5 Å². The molecule has 5 heteroatoms. The standard InChI is InChI=1S/C13H18FNO3/c1-8(2)17-12-6-13(11(15)5-10(12)14)18-9-3-4-16-7-9/h5-6,8-9H,3-4,7,15H2,1-2H3. The lowest BCUT2D eigenvalue weighted by molar-refractivity contribution is 0.141. The number of halogens is 1. The van der Waals surface area contributed by atoms with Gasteiger partial charge >= 0.3 is 0 Å². The third-order valence-electron chi connectivity index (χ3n) is 2.61. The Labute approximate surface area is 106 Å². The molecule has 1 aliphatic rings. The summed E-state index contributed by atoms with van der Waals surface area (Å²) in [6, 6.07) is 2.73. The van der Waals surface area contributed by atoms with E-state index in [1.807, 2.05) is 13.8 Å². The first-order valence-corrected chi connectivity index (χ1v) is 6.06. The van der Waals surface area contributed by atoms with E-state index in [1.54, 1.807) is 0 Å². The monoisotopic (exact) mass is 255 g/mol. The summed E-state index contributed by atoms with van der Waals surface area (Å²) in [5.74, 6) is 0.131. The summed E-state index contributed by atoms with van der Waals surface area (Å²) in [6.07, 6.45) is 0.687. The molecule has 1 aromatic carbocycles. The average molecular weight is 255 g/mol. The molecule has 0 spiro atoms. The molecule has 2 N–H and O–H groups in total. The fraction of sp³-hybridized carbons (Fsp3) is 0.538. The van der Waals surface area contributed by atoms with Crippen LogP contribution in [0.1, 0.15) is 20.3 Å². The molecule has 1 atom stereocenters. The van der Waals surface area contributed by atoms with E-state index in [1.165, 1.54) is 12.1 Å². The normalized spacial score (nSPS) is 19.2. The molecule has 0 saturated carbocycles. The molecule has 0 radical (unpaired) electrons. The lowest BCUT2D eigenvalue weighted by Crippen LogP contribution is -2.17. The highest BCUT2D eigenvalue weighted by molar-refractivity contribution is 5.56. The van der Waals surface area contributed by atoms with Gasteiger partial charge in [0.1, 0.15) is 11.9 Å². The highest BCUT2D eigenvalue weighted by atomic mass is 19.1. The van der Waals surface area contributed by atoms with Gasteiger partial charge in [0.05, 0.1) is 25.0 Å². The Hall–Kier alpha value is -1.49. The lowest BCUT2D eigenvalue weighted by Gasteiger charge is -2.17. The van der Waals surface area contributed by atoms with E-state index < -0.39 is 5.82 Å². The molecule has 0 bridgehead atoms. The lowest BCUT2D eigenvalue weighted by atomic mass is 10.2. The third-order valence-corrected chi connectivity index (χ3v) is 2.61. The molecule has 2 rings (SSSR count). The maximum absolute atomic E-state index is 13.6. The van der Waals surface area contributed by atoms with E-state index in [9.17, 15) is 4.39 Å². The molecule has 18 heavy (non-hydrogen) atoms. The SMILES string of the molecule is CC(C)Oc1cc(OC2CCOC2)c(N)cc1F. The molecule has 1 unspecified atom stereocenters. The van der Waals surface area contributed by atoms with Gasteiger partial charge in [0.2, 0.25) is 0 Å². The zero-order chi connectivity index (χ0) is 13.1. The number of rotatable bonds is 4. The van der Waals surface area contributed by atoms with Crippen LogP contribution in [0.25, 0.3) is 0 Å². The molecule has 1 fully saturated rings. The molecule has 100 valence electrons. The van der Waals surface area contributed by atoms with E-state index in [4.69, 9.17) is 19.9 Å². The molecule has 1 heterocycles. The van der Waals surface area contributed by atoms with Gasteiger partial charge in [-0.05, 0) is 13.8 Å². The maximum Gasteiger partial charge on any atom is 0.167 e. The van der Waals surface area contributed by atoms with E-state index in [0.29, 0.717) is 19.0 Å². The first-order chi connectivity index (χ1) is 8.56. The first kappa shape index (κ1) is 13.0. The average Bonchev–Trinajstić information content (AvgIpc) is 2.77. The number of anilines is 1. The number of ether oxygens (including phenoxy) is 3. The predicted octanol–water partition coefficient (Wildman–Crippen LogP) is 2.36. The Morgan fingerprint density at radius 2 is 2.17 bits per heavy atom. The highest BCUT2D eigenvalue weighted by Gasteiger charge is 2.20. The van der Waals surface area contributed by atoms with E-state index in [2.05, 4.69) is 0 Å². The van der Waals surface area contributed by atoms with Gasteiger partial charge < -0.3 is 19.9 Å². The number of nitrogens with two attached hydrogens (primary N) is 1. The molecule has 4 nitrogen and oxygen atoms in total. The topological polar surface area (TPSA) is 53.7 Å². The van der Waals surface area contributed by atoms with Gasteiger partial charge in [-0.2, -0.15) is 0 Å². The van der Waals surface area contributed by atoms with Crippen molar-refractivity contribution in [1.29, 1.82) is 0 Å². The van der Waals surface area contributed by atoms with Gasteiger partial charge in [-0.1, -0.05) is 0 Å². The summed E-state index contributed by atoms with van der Waals surface area (Å²) in [5.41, 5.74) is 6.01. The summed E-state index contributed by atoms with van der Waals surface area (Å²) >= 11 is 0. The summed E-state index contributed by atoms with van der Waals surface area (Å²) < 4.78 is 29.9. The molecule has 1 saturated heterocycles. The van der Waals surface area contributed by atoms with Gasteiger partial charge in [-0.3, -0.25) is 0 Å². The van der Waals surface area contributed by atoms with Crippen LogP contribution in [0.4, 0.5) is 10.1 Å².